The van der Waals surface area contributed by atoms with Crippen LogP contribution in [-0.2, 0) is 0 Å². The molecule has 3 rings (SSSR count). The van der Waals surface area contributed by atoms with Crippen LogP contribution in [0.3, 0.4) is 0 Å². The molecule has 0 aliphatic rings. The molecule has 0 aliphatic heterocycles. The van der Waals surface area contributed by atoms with Gasteiger partial charge in [0.25, 0.3) is 0 Å². The van der Waals surface area contributed by atoms with Crippen molar-refractivity contribution in [3.05, 3.63) is 66.0 Å². The summed E-state index contributed by atoms with van der Waals surface area (Å²) in [5.41, 5.74) is 2.58. The van der Waals surface area contributed by atoms with Gasteiger partial charge in [-0.1, -0.05) is 12.1 Å². The molecule has 2 aromatic carbocycles. The van der Waals surface area contributed by atoms with Gasteiger partial charge < -0.3 is 4.74 Å². The molecule has 3 aromatic rings. The Morgan fingerprint density at radius 1 is 1.00 bits per heavy atom. The molecule has 0 N–H and O–H groups in total. The maximum atomic E-state index is 12.5. The van der Waals surface area contributed by atoms with Gasteiger partial charge in [-0.15, -0.1) is 0 Å². The summed E-state index contributed by atoms with van der Waals surface area (Å²) in [7, 11) is 1.55. The zero-order valence-corrected chi connectivity index (χ0v) is 10.9. The molecule has 1 heterocycles. The maximum absolute atomic E-state index is 12.5. The van der Waals surface area contributed by atoms with E-state index in [-0.39, 0.29) is 5.78 Å². The number of ether oxygens (including phenoxy) is 1. The van der Waals surface area contributed by atoms with Crippen LogP contribution in [0.15, 0.2) is 54.9 Å². The van der Waals surface area contributed by atoms with E-state index in [0.29, 0.717) is 22.4 Å². The number of ketones is 1. The summed E-state index contributed by atoms with van der Waals surface area (Å²) < 4.78 is 5.23. The van der Waals surface area contributed by atoms with Gasteiger partial charge in [-0.2, -0.15) is 0 Å². The highest BCUT2D eigenvalue weighted by molar-refractivity contribution is 6.11. The summed E-state index contributed by atoms with van der Waals surface area (Å²) in [6.07, 6.45) is 3.24. The van der Waals surface area contributed by atoms with E-state index in [1.165, 1.54) is 0 Å². The average Bonchev–Trinajstić information content (AvgIpc) is 2.53. The summed E-state index contributed by atoms with van der Waals surface area (Å²) in [5.74, 6) is 0.478. The van der Waals surface area contributed by atoms with Crippen molar-refractivity contribution in [3.63, 3.8) is 0 Å². The Hall–Kier alpha value is -2.75. The minimum absolute atomic E-state index is 0.0880. The molecule has 0 bridgehead atoms. The Labute approximate surface area is 116 Å². The van der Waals surface area contributed by atoms with Gasteiger partial charge in [0.1, 0.15) is 5.75 Å². The molecule has 0 fully saturated rings. The molecule has 20 heavy (non-hydrogen) atoms. The van der Waals surface area contributed by atoms with Crippen LogP contribution in [0.1, 0.15) is 15.9 Å². The number of para-hydroxylation sites is 1. The van der Waals surface area contributed by atoms with Gasteiger partial charge in [-0.3, -0.25) is 14.8 Å². The number of aromatic nitrogens is 2. The lowest BCUT2D eigenvalue weighted by Gasteiger charge is -2.07. The largest absolute Gasteiger partial charge is 0.496 e. The fraction of sp³-hybridized carbons (Fsp3) is 0.0625. The molecule has 0 spiro atoms. The number of rotatable bonds is 3. The molecule has 0 atom stereocenters. The van der Waals surface area contributed by atoms with Crippen LogP contribution in [0.2, 0.25) is 0 Å². The first-order valence-corrected chi connectivity index (χ1v) is 6.18. The minimum atomic E-state index is -0.0880. The van der Waals surface area contributed by atoms with Crippen LogP contribution < -0.4 is 4.74 Å². The fourth-order valence-corrected chi connectivity index (χ4v) is 2.09. The van der Waals surface area contributed by atoms with Crippen molar-refractivity contribution in [2.45, 2.75) is 0 Å². The van der Waals surface area contributed by atoms with Crippen molar-refractivity contribution in [2.24, 2.45) is 0 Å². The van der Waals surface area contributed by atoms with Crippen molar-refractivity contribution in [3.8, 4) is 5.75 Å². The molecule has 98 valence electrons. The van der Waals surface area contributed by atoms with Gasteiger partial charge in [0.05, 0.1) is 23.7 Å². The number of nitrogens with zero attached hydrogens (tertiary/aromatic N) is 2. The lowest BCUT2D eigenvalue weighted by molar-refractivity contribution is 0.103. The first-order chi connectivity index (χ1) is 9.79. The van der Waals surface area contributed by atoms with Crippen LogP contribution in [0, 0.1) is 0 Å². The highest BCUT2D eigenvalue weighted by atomic mass is 16.5. The molecular weight excluding hydrogens is 252 g/mol. The SMILES string of the molecule is COc1ccccc1C(=O)c1ccc2nccnc2c1. The normalized spacial score (nSPS) is 10.4. The molecule has 4 nitrogen and oxygen atoms in total. The van der Waals surface area contributed by atoms with Gasteiger partial charge in [-0.05, 0) is 30.3 Å². The quantitative estimate of drug-likeness (QED) is 0.682. The minimum Gasteiger partial charge on any atom is -0.496 e. The molecular formula is C16H12N2O2. The second-order valence-corrected chi connectivity index (χ2v) is 4.29. The van der Waals surface area contributed by atoms with Gasteiger partial charge in [0, 0.05) is 18.0 Å². The summed E-state index contributed by atoms with van der Waals surface area (Å²) in [6.45, 7) is 0. The second kappa shape index (κ2) is 5.09. The van der Waals surface area contributed by atoms with Crippen LogP contribution in [0.25, 0.3) is 11.0 Å². The topological polar surface area (TPSA) is 52.1 Å². The maximum Gasteiger partial charge on any atom is 0.196 e. The van der Waals surface area contributed by atoms with E-state index in [9.17, 15) is 4.79 Å². The van der Waals surface area contributed by atoms with Gasteiger partial charge in [0.2, 0.25) is 0 Å². The zero-order valence-electron chi connectivity index (χ0n) is 10.9. The van der Waals surface area contributed by atoms with E-state index < -0.39 is 0 Å². The third-order valence-corrected chi connectivity index (χ3v) is 3.08. The van der Waals surface area contributed by atoms with E-state index >= 15 is 0 Å². The van der Waals surface area contributed by atoms with Crippen LogP contribution >= 0.6 is 0 Å². The van der Waals surface area contributed by atoms with Crippen molar-refractivity contribution in [2.75, 3.05) is 7.11 Å². The molecule has 0 aliphatic carbocycles. The van der Waals surface area contributed by atoms with Gasteiger partial charge in [-0.25, -0.2) is 0 Å². The molecule has 0 saturated carbocycles. The van der Waals surface area contributed by atoms with E-state index in [4.69, 9.17) is 4.74 Å². The van der Waals surface area contributed by atoms with Crippen LogP contribution in [-0.4, -0.2) is 22.9 Å². The van der Waals surface area contributed by atoms with E-state index in [2.05, 4.69) is 9.97 Å². The predicted octanol–water partition coefficient (Wildman–Crippen LogP) is 2.87. The number of carbonyl (C=O) groups excluding carboxylic acids is 1. The lowest BCUT2D eigenvalue weighted by atomic mass is 10.0. The Kier molecular flexibility index (Phi) is 3.13. The third kappa shape index (κ3) is 2.12. The zero-order chi connectivity index (χ0) is 13.9. The second-order valence-electron chi connectivity index (χ2n) is 4.29. The monoisotopic (exact) mass is 264 g/mol. The highest BCUT2D eigenvalue weighted by Crippen LogP contribution is 2.22. The average molecular weight is 264 g/mol. The Bertz CT molecular complexity index is 784. The van der Waals surface area contributed by atoms with Gasteiger partial charge in [0.15, 0.2) is 5.78 Å². The number of hydrogen-bond donors (Lipinski definition) is 0. The number of methoxy groups -OCH3 is 1. The lowest BCUT2D eigenvalue weighted by Crippen LogP contribution is -2.04. The smallest absolute Gasteiger partial charge is 0.196 e. The molecule has 1 aromatic heterocycles. The molecule has 0 saturated heterocycles. The summed E-state index contributed by atoms with van der Waals surface area (Å²) in [6, 6.07) is 12.5. The van der Waals surface area contributed by atoms with E-state index in [1.54, 1.807) is 49.8 Å². The van der Waals surface area contributed by atoms with Crippen LogP contribution in [0.5, 0.6) is 5.75 Å². The number of hydrogen-bond acceptors (Lipinski definition) is 4. The van der Waals surface area contributed by atoms with Crippen molar-refractivity contribution in [1.82, 2.24) is 9.97 Å². The predicted molar refractivity (Wildman–Crippen MR) is 76.0 cm³/mol. The highest BCUT2D eigenvalue weighted by Gasteiger charge is 2.14. The van der Waals surface area contributed by atoms with Crippen molar-refractivity contribution in [1.29, 1.82) is 0 Å². The van der Waals surface area contributed by atoms with E-state index in [1.807, 2.05) is 12.1 Å². The first-order valence-electron chi connectivity index (χ1n) is 6.18. The number of benzene rings is 2. The summed E-state index contributed by atoms with van der Waals surface area (Å²) in [5, 5.41) is 0. The molecule has 0 amide bonds. The molecule has 0 radical (unpaired) electrons. The van der Waals surface area contributed by atoms with Crippen molar-refractivity contribution >= 4 is 16.8 Å². The Morgan fingerprint density at radius 3 is 2.55 bits per heavy atom. The molecule has 0 unspecified atom stereocenters. The summed E-state index contributed by atoms with van der Waals surface area (Å²) in [4.78, 5) is 20.9. The Morgan fingerprint density at radius 2 is 1.75 bits per heavy atom. The Balaban J connectivity index is 2.08. The van der Waals surface area contributed by atoms with E-state index in [0.717, 1.165) is 5.52 Å². The first kappa shape index (κ1) is 12.3. The standard InChI is InChI=1S/C16H12N2O2/c1-20-15-5-3-2-4-12(15)16(19)11-6-7-13-14(10-11)18-9-8-17-13/h2-10H,1H3. The number of carbonyl (C=O) groups is 1. The van der Waals surface area contributed by atoms with Crippen molar-refractivity contribution < 1.29 is 9.53 Å². The number of fused-ring (bicyclic) bond motifs is 1. The van der Waals surface area contributed by atoms with Crippen LogP contribution in [0.4, 0.5) is 0 Å². The third-order valence-electron chi connectivity index (χ3n) is 3.08. The van der Waals surface area contributed by atoms with Gasteiger partial charge >= 0.3 is 0 Å². The summed E-state index contributed by atoms with van der Waals surface area (Å²) >= 11 is 0. The fourth-order valence-electron chi connectivity index (χ4n) is 2.09. The molecule has 4 heteroatoms.